The normalized spacial score (nSPS) is 11.0. The first-order chi connectivity index (χ1) is 29.9. The van der Waals surface area contributed by atoms with E-state index in [1.54, 1.807) is 11.1 Å². The van der Waals surface area contributed by atoms with Gasteiger partial charge in [0.05, 0.1) is 0 Å². The van der Waals surface area contributed by atoms with Crippen molar-refractivity contribution in [1.82, 2.24) is 0 Å². The predicted octanol–water partition coefficient (Wildman–Crippen LogP) is 18.9. The highest BCUT2D eigenvalue weighted by molar-refractivity contribution is 5.41. The van der Waals surface area contributed by atoms with Crippen LogP contribution in [0.15, 0.2) is 72.8 Å². The van der Waals surface area contributed by atoms with Crippen LogP contribution >= 0.6 is 0 Å². The van der Waals surface area contributed by atoms with Crippen molar-refractivity contribution in [3.8, 4) is 0 Å². The summed E-state index contributed by atoms with van der Waals surface area (Å²) < 4.78 is 0. The number of aryl methyl sites for hydroxylation is 8. The molecule has 0 atom stereocenters. The standard InChI is InChI=1S/C23H32.C20H34.C12H18.C7H16/c1-6-17-11-18(7-2)14-21(13-17)23(10-5)22-15-19(8-3)12-20(9-4)16-22;1-6-16(7-2)11-19-13-18(10-5)14-20(15-19)12-17(8-3)9-4;1-4-10-7-11(5-2)9-12(6-3)8-10;1-4-7(5-2)6-3/h11-16,23H,6-10H2,1-5H3;13-17H,6-12H2,1-5H3;7-9H,4-6H2,1-3H3;7H,4-6H2,1-3H3. The number of hydrogen-bond acceptors (Lipinski definition) is 0. The maximum Gasteiger partial charge on any atom is 0.00871 e. The van der Waals surface area contributed by atoms with Gasteiger partial charge in [0.1, 0.15) is 0 Å². The van der Waals surface area contributed by atoms with Crippen molar-refractivity contribution in [2.24, 2.45) is 17.8 Å². The molecule has 0 spiro atoms. The second-order valence-electron chi connectivity index (χ2n) is 18.1. The van der Waals surface area contributed by atoms with Gasteiger partial charge in [0.2, 0.25) is 0 Å². The Hall–Kier alpha value is -3.12. The van der Waals surface area contributed by atoms with Crippen molar-refractivity contribution in [2.75, 3.05) is 0 Å². The largest absolute Gasteiger partial charge is 0.0651 e. The lowest BCUT2D eigenvalue weighted by atomic mass is 9.85. The molecule has 0 amide bonds. The molecule has 0 N–H and O–H groups in total. The number of rotatable bonds is 22. The van der Waals surface area contributed by atoms with E-state index < -0.39 is 0 Å². The van der Waals surface area contributed by atoms with Crippen molar-refractivity contribution < 1.29 is 0 Å². The van der Waals surface area contributed by atoms with Gasteiger partial charge in [-0.05, 0) is 155 Å². The number of benzene rings is 4. The van der Waals surface area contributed by atoms with Crippen molar-refractivity contribution in [3.05, 3.63) is 140 Å². The monoisotopic (exact) mass is 845 g/mol. The van der Waals surface area contributed by atoms with E-state index in [0.717, 1.165) is 75.5 Å². The lowest BCUT2D eigenvalue weighted by Gasteiger charge is -2.20. The molecule has 0 saturated heterocycles. The number of hydrogen-bond donors (Lipinski definition) is 0. The van der Waals surface area contributed by atoms with Crippen LogP contribution < -0.4 is 0 Å². The van der Waals surface area contributed by atoms with Crippen LogP contribution in [0.4, 0.5) is 0 Å². The van der Waals surface area contributed by atoms with Crippen LogP contribution in [0, 0.1) is 17.8 Å². The zero-order chi connectivity index (χ0) is 46.5. The summed E-state index contributed by atoms with van der Waals surface area (Å²) >= 11 is 0. The quantitative estimate of drug-likeness (QED) is 0.0739. The summed E-state index contributed by atoms with van der Waals surface area (Å²) in [6, 6.07) is 28.8. The first kappa shape index (κ1) is 56.9. The summed E-state index contributed by atoms with van der Waals surface area (Å²) in [6.07, 6.45) is 22.0. The third-order valence-electron chi connectivity index (χ3n) is 13.9. The van der Waals surface area contributed by atoms with E-state index in [4.69, 9.17) is 0 Å². The topological polar surface area (TPSA) is 0 Å². The lowest BCUT2D eigenvalue weighted by molar-refractivity contribution is 0.477. The third-order valence-corrected chi connectivity index (χ3v) is 13.9. The molecule has 0 bridgehead atoms. The Kier molecular flexibility index (Phi) is 30.6. The highest BCUT2D eigenvalue weighted by Gasteiger charge is 2.15. The van der Waals surface area contributed by atoms with Gasteiger partial charge in [0.25, 0.3) is 0 Å². The van der Waals surface area contributed by atoms with E-state index in [1.165, 1.54) is 113 Å². The van der Waals surface area contributed by atoms with E-state index in [2.05, 4.69) is 184 Å². The minimum Gasteiger partial charge on any atom is -0.0651 e. The van der Waals surface area contributed by atoms with Gasteiger partial charge in [-0.3, -0.25) is 0 Å². The van der Waals surface area contributed by atoms with E-state index in [0.29, 0.717) is 5.92 Å². The van der Waals surface area contributed by atoms with Gasteiger partial charge in [-0.2, -0.15) is 0 Å². The summed E-state index contributed by atoms with van der Waals surface area (Å²) in [6.45, 7) is 36.3. The molecule has 0 radical (unpaired) electrons. The summed E-state index contributed by atoms with van der Waals surface area (Å²) in [5, 5.41) is 0. The minimum absolute atomic E-state index is 0.517. The average molecular weight is 845 g/mol. The highest BCUT2D eigenvalue weighted by Crippen LogP contribution is 2.32. The first-order valence-corrected chi connectivity index (χ1v) is 26.4. The molecule has 348 valence electrons. The smallest absolute Gasteiger partial charge is 0.00871 e. The molecule has 0 saturated carbocycles. The molecule has 0 unspecified atom stereocenters. The SMILES string of the molecule is CCC(CC)CC.CCc1cc(CC(CC)CC)cc(CC(CC)CC)c1.CCc1cc(CC)cc(C(CC)c2cc(CC)cc(CC)c2)c1.CCc1cc(CC)cc(CC)c1. The van der Waals surface area contributed by atoms with Gasteiger partial charge in [0, 0.05) is 5.92 Å². The molecule has 4 aromatic rings. The van der Waals surface area contributed by atoms with Gasteiger partial charge in [-0.15, -0.1) is 0 Å². The summed E-state index contributed by atoms with van der Waals surface area (Å²) in [7, 11) is 0. The first-order valence-electron chi connectivity index (χ1n) is 26.4. The van der Waals surface area contributed by atoms with Gasteiger partial charge < -0.3 is 0 Å². The Morgan fingerprint density at radius 3 is 0.597 bits per heavy atom. The lowest BCUT2D eigenvalue weighted by Crippen LogP contribution is -2.06. The molecule has 0 fully saturated rings. The molecule has 0 nitrogen and oxygen atoms in total. The predicted molar refractivity (Wildman–Crippen MR) is 283 cm³/mol. The van der Waals surface area contributed by atoms with Crippen LogP contribution in [0.3, 0.4) is 0 Å². The zero-order valence-electron chi connectivity index (χ0n) is 44.0. The Bertz CT molecular complexity index is 1530. The van der Waals surface area contributed by atoms with Gasteiger partial charge in [-0.25, -0.2) is 0 Å². The molecule has 0 aromatic heterocycles. The van der Waals surface area contributed by atoms with E-state index >= 15 is 0 Å². The molecular formula is C62H100. The average Bonchev–Trinajstić information content (AvgIpc) is 3.33. The van der Waals surface area contributed by atoms with Crippen LogP contribution in [-0.4, -0.2) is 0 Å². The Morgan fingerprint density at radius 2 is 0.419 bits per heavy atom. The molecular weight excluding hydrogens is 745 g/mol. The fourth-order valence-corrected chi connectivity index (χ4v) is 8.88. The van der Waals surface area contributed by atoms with E-state index in [1.807, 2.05) is 0 Å². The van der Waals surface area contributed by atoms with Crippen molar-refractivity contribution in [1.29, 1.82) is 0 Å². The third kappa shape index (κ3) is 20.6. The molecule has 0 heteroatoms. The van der Waals surface area contributed by atoms with Crippen molar-refractivity contribution in [2.45, 2.75) is 232 Å². The summed E-state index contributed by atoms with van der Waals surface area (Å²) in [5.41, 5.74) is 18.0. The van der Waals surface area contributed by atoms with Gasteiger partial charge >= 0.3 is 0 Å². The molecule has 0 heterocycles. The van der Waals surface area contributed by atoms with E-state index in [-0.39, 0.29) is 0 Å². The van der Waals surface area contributed by atoms with E-state index in [9.17, 15) is 0 Å². The molecule has 62 heavy (non-hydrogen) atoms. The summed E-state index contributed by atoms with van der Waals surface area (Å²) in [4.78, 5) is 0. The van der Waals surface area contributed by atoms with Crippen LogP contribution in [0.25, 0.3) is 0 Å². The van der Waals surface area contributed by atoms with Crippen LogP contribution in [0.5, 0.6) is 0 Å². The summed E-state index contributed by atoms with van der Waals surface area (Å²) in [5.74, 6) is 3.20. The highest BCUT2D eigenvalue weighted by atomic mass is 14.2. The second-order valence-corrected chi connectivity index (χ2v) is 18.1. The Morgan fingerprint density at radius 1 is 0.226 bits per heavy atom. The zero-order valence-corrected chi connectivity index (χ0v) is 44.0. The van der Waals surface area contributed by atoms with Crippen LogP contribution in [-0.2, 0) is 64.2 Å². The van der Waals surface area contributed by atoms with Crippen LogP contribution in [0.2, 0.25) is 0 Å². The minimum atomic E-state index is 0.517. The van der Waals surface area contributed by atoms with Crippen LogP contribution in [0.1, 0.15) is 235 Å². The van der Waals surface area contributed by atoms with Crippen molar-refractivity contribution >= 4 is 0 Å². The fourth-order valence-electron chi connectivity index (χ4n) is 8.88. The Labute approximate surface area is 387 Å². The maximum atomic E-state index is 2.48. The van der Waals surface area contributed by atoms with Gasteiger partial charge in [-0.1, -0.05) is 229 Å². The maximum absolute atomic E-state index is 2.48. The fraction of sp³-hybridized carbons (Fsp3) is 0.613. The van der Waals surface area contributed by atoms with Crippen molar-refractivity contribution in [3.63, 3.8) is 0 Å². The molecule has 0 aliphatic carbocycles. The molecule has 4 rings (SSSR count). The Balaban J connectivity index is 0.000000447. The van der Waals surface area contributed by atoms with Gasteiger partial charge in [0.15, 0.2) is 0 Å². The second kappa shape index (κ2) is 33.4. The molecule has 0 aliphatic rings. The molecule has 0 aliphatic heterocycles. The molecule has 4 aromatic carbocycles.